The van der Waals surface area contributed by atoms with Crippen molar-refractivity contribution in [3.63, 3.8) is 0 Å². The summed E-state index contributed by atoms with van der Waals surface area (Å²) in [4.78, 5) is 12.3. The SMILES string of the molecule is COC(OC)[C@@H]1OCC(n2cnc3c(N)ncnc32)C1O. The highest BCUT2D eigenvalue weighted by Crippen LogP contribution is 2.30. The summed E-state index contributed by atoms with van der Waals surface area (Å²) in [5.74, 6) is 0.301. The summed E-state index contributed by atoms with van der Waals surface area (Å²) in [6.45, 7) is 0.296. The van der Waals surface area contributed by atoms with Crippen LogP contribution in [0.2, 0.25) is 0 Å². The number of imidazole rings is 1. The number of nitrogens with two attached hydrogens (primary N) is 1. The number of nitrogens with zero attached hydrogens (tertiary/aromatic N) is 4. The molecule has 0 saturated carbocycles. The van der Waals surface area contributed by atoms with E-state index in [4.69, 9.17) is 19.9 Å². The number of hydrogen-bond acceptors (Lipinski definition) is 8. The normalized spacial score (nSPS) is 26.0. The summed E-state index contributed by atoms with van der Waals surface area (Å²) < 4.78 is 17.6. The van der Waals surface area contributed by atoms with Gasteiger partial charge in [0.15, 0.2) is 17.8 Å². The van der Waals surface area contributed by atoms with Crippen molar-refractivity contribution in [3.8, 4) is 0 Å². The van der Waals surface area contributed by atoms with Crippen LogP contribution in [0.15, 0.2) is 12.7 Å². The smallest absolute Gasteiger partial charge is 0.185 e. The Hall–Kier alpha value is -1.81. The molecule has 9 nitrogen and oxygen atoms in total. The third-order valence-electron chi connectivity index (χ3n) is 3.67. The molecule has 0 amide bonds. The van der Waals surface area contributed by atoms with Crippen LogP contribution in [-0.4, -0.2) is 63.9 Å². The molecule has 0 spiro atoms. The number of hydrogen-bond donors (Lipinski definition) is 2. The van der Waals surface area contributed by atoms with Crippen LogP contribution >= 0.6 is 0 Å². The second-order valence-electron chi connectivity index (χ2n) is 4.78. The van der Waals surface area contributed by atoms with Crippen molar-refractivity contribution in [1.82, 2.24) is 19.5 Å². The first-order chi connectivity index (χ1) is 10.2. The summed E-state index contributed by atoms with van der Waals surface area (Å²) >= 11 is 0. The van der Waals surface area contributed by atoms with E-state index in [0.29, 0.717) is 23.6 Å². The lowest BCUT2D eigenvalue weighted by Crippen LogP contribution is -2.39. The van der Waals surface area contributed by atoms with Gasteiger partial charge in [0.05, 0.1) is 19.0 Å². The molecule has 3 rings (SSSR count). The Labute approximate surface area is 120 Å². The number of methoxy groups -OCH3 is 2. The van der Waals surface area contributed by atoms with Crippen molar-refractivity contribution in [2.75, 3.05) is 26.6 Å². The molecular formula is C12H17N5O4. The molecule has 3 heterocycles. The predicted octanol–water partition coefficient (Wildman–Crippen LogP) is -0.672. The Morgan fingerprint density at radius 2 is 2.14 bits per heavy atom. The van der Waals surface area contributed by atoms with E-state index >= 15 is 0 Å². The topological polar surface area (TPSA) is 118 Å². The predicted molar refractivity (Wildman–Crippen MR) is 72.3 cm³/mol. The number of anilines is 1. The minimum absolute atomic E-state index is 0.296. The molecule has 1 fully saturated rings. The van der Waals surface area contributed by atoms with Crippen LogP contribution in [0.5, 0.6) is 0 Å². The van der Waals surface area contributed by atoms with E-state index in [1.165, 1.54) is 20.5 Å². The average Bonchev–Trinajstić information content (AvgIpc) is 3.06. The fraction of sp³-hybridized carbons (Fsp3) is 0.583. The van der Waals surface area contributed by atoms with Crippen molar-refractivity contribution >= 4 is 17.0 Å². The first kappa shape index (κ1) is 14.1. The molecule has 0 radical (unpaired) electrons. The molecule has 9 heteroatoms. The van der Waals surface area contributed by atoms with Crippen molar-refractivity contribution in [2.45, 2.75) is 24.5 Å². The van der Waals surface area contributed by atoms with Crippen molar-refractivity contribution in [3.05, 3.63) is 12.7 Å². The molecule has 3 atom stereocenters. The zero-order chi connectivity index (χ0) is 15.0. The summed E-state index contributed by atoms with van der Waals surface area (Å²) in [7, 11) is 3.00. The Morgan fingerprint density at radius 1 is 1.38 bits per heavy atom. The number of aliphatic hydroxyl groups is 1. The number of aliphatic hydroxyl groups excluding tert-OH is 1. The van der Waals surface area contributed by atoms with Gasteiger partial charge in [0.2, 0.25) is 0 Å². The van der Waals surface area contributed by atoms with E-state index in [0.717, 1.165) is 0 Å². The molecule has 2 unspecified atom stereocenters. The molecule has 0 aromatic carbocycles. The summed E-state index contributed by atoms with van der Waals surface area (Å²) in [6, 6.07) is -0.345. The zero-order valence-corrected chi connectivity index (χ0v) is 11.7. The van der Waals surface area contributed by atoms with Gasteiger partial charge >= 0.3 is 0 Å². The summed E-state index contributed by atoms with van der Waals surface area (Å²) in [5.41, 5.74) is 6.82. The lowest BCUT2D eigenvalue weighted by atomic mass is 10.1. The molecule has 0 bridgehead atoms. The first-order valence-electron chi connectivity index (χ1n) is 6.45. The lowest BCUT2D eigenvalue weighted by molar-refractivity contribution is -0.185. The van der Waals surface area contributed by atoms with Crippen molar-refractivity contribution in [2.24, 2.45) is 0 Å². The summed E-state index contributed by atoms with van der Waals surface area (Å²) in [5, 5.41) is 10.5. The van der Waals surface area contributed by atoms with E-state index < -0.39 is 18.5 Å². The largest absolute Gasteiger partial charge is 0.388 e. The Bertz CT molecular complexity index is 629. The van der Waals surface area contributed by atoms with Gasteiger partial charge < -0.3 is 29.6 Å². The number of fused-ring (bicyclic) bond motifs is 1. The van der Waals surface area contributed by atoms with E-state index in [1.807, 2.05) is 0 Å². The summed E-state index contributed by atoms with van der Waals surface area (Å²) in [6.07, 6.45) is 0.900. The molecule has 21 heavy (non-hydrogen) atoms. The van der Waals surface area contributed by atoms with Gasteiger partial charge in [-0.25, -0.2) is 15.0 Å². The number of ether oxygens (including phenoxy) is 3. The van der Waals surface area contributed by atoms with Gasteiger partial charge in [-0.15, -0.1) is 0 Å². The lowest BCUT2D eigenvalue weighted by Gasteiger charge is -2.24. The van der Waals surface area contributed by atoms with Crippen LogP contribution in [0.1, 0.15) is 6.04 Å². The Morgan fingerprint density at radius 3 is 2.86 bits per heavy atom. The van der Waals surface area contributed by atoms with Crippen LogP contribution in [0.3, 0.4) is 0 Å². The second kappa shape index (κ2) is 5.53. The van der Waals surface area contributed by atoms with Gasteiger partial charge in [0.25, 0.3) is 0 Å². The average molecular weight is 295 g/mol. The van der Waals surface area contributed by atoms with Gasteiger partial charge in [-0.05, 0) is 0 Å². The van der Waals surface area contributed by atoms with Crippen molar-refractivity contribution in [1.29, 1.82) is 0 Å². The van der Waals surface area contributed by atoms with Crippen LogP contribution < -0.4 is 5.73 Å². The molecule has 0 aliphatic carbocycles. The van der Waals surface area contributed by atoms with Crippen LogP contribution in [0.4, 0.5) is 5.82 Å². The zero-order valence-electron chi connectivity index (χ0n) is 11.7. The van der Waals surface area contributed by atoms with Crippen LogP contribution in [0.25, 0.3) is 11.2 Å². The maximum Gasteiger partial charge on any atom is 0.185 e. The van der Waals surface area contributed by atoms with Gasteiger partial charge in [0.1, 0.15) is 24.1 Å². The molecule has 1 aliphatic rings. The Kier molecular flexibility index (Phi) is 3.72. The molecular weight excluding hydrogens is 278 g/mol. The molecule has 3 N–H and O–H groups in total. The highest BCUT2D eigenvalue weighted by Gasteiger charge is 2.42. The van der Waals surface area contributed by atoms with Crippen LogP contribution in [-0.2, 0) is 14.2 Å². The second-order valence-corrected chi connectivity index (χ2v) is 4.78. The Balaban J connectivity index is 1.92. The molecule has 1 aliphatic heterocycles. The first-order valence-corrected chi connectivity index (χ1v) is 6.45. The molecule has 114 valence electrons. The van der Waals surface area contributed by atoms with Gasteiger partial charge in [-0.2, -0.15) is 0 Å². The van der Waals surface area contributed by atoms with Crippen LogP contribution in [0, 0.1) is 0 Å². The molecule has 2 aromatic rings. The highest BCUT2D eigenvalue weighted by molar-refractivity contribution is 5.81. The fourth-order valence-corrected chi connectivity index (χ4v) is 2.59. The third kappa shape index (κ3) is 2.23. The maximum absolute atomic E-state index is 10.5. The van der Waals surface area contributed by atoms with Gasteiger partial charge in [0, 0.05) is 14.2 Å². The quantitative estimate of drug-likeness (QED) is 0.713. The third-order valence-corrected chi connectivity index (χ3v) is 3.67. The fourth-order valence-electron chi connectivity index (χ4n) is 2.59. The standard InChI is InChI=1S/C12H17N5O4/c1-19-12(20-2)9-8(18)6(3-21-9)17-5-16-7-10(13)14-4-15-11(7)17/h4-6,8-9,12,18H,3H2,1-2H3,(H2,13,14,15)/t6?,8?,9-/m1/s1. The maximum atomic E-state index is 10.5. The molecule has 1 saturated heterocycles. The van der Waals surface area contributed by atoms with E-state index in [2.05, 4.69) is 15.0 Å². The monoisotopic (exact) mass is 295 g/mol. The number of nitrogen functional groups attached to an aromatic ring is 1. The van der Waals surface area contributed by atoms with E-state index in [9.17, 15) is 5.11 Å². The molecule has 2 aromatic heterocycles. The van der Waals surface area contributed by atoms with Gasteiger partial charge in [-0.3, -0.25) is 0 Å². The number of aromatic nitrogens is 4. The van der Waals surface area contributed by atoms with E-state index in [-0.39, 0.29) is 6.04 Å². The number of rotatable bonds is 4. The van der Waals surface area contributed by atoms with Crippen molar-refractivity contribution < 1.29 is 19.3 Å². The minimum Gasteiger partial charge on any atom is -0.388 e. The van der Waals surface area contributed by atoms with Gasteiger partial charge in [-0.1, -0.05) is 0 Å². The van der Waals surface area contributed by atoms with E-state index in [1.54, 1.807) is 10.9 Å². The highest BCUT2D eigenvalue weighted by atomic mass is 16.7. The minimum atomic E-state index is -0.816.